The molecule has 132 valence electrons. The van der Waals surface area contributed by atoms with Crippen molar-refractivity contribution >= 4 is 5.91 Å². The number of amides is 1. The molecule has 2 aromatic rings. The maximum atomic E-state index is 12.4. The van der Waals surface area contributed by atoms with Gasteiger partial charge >= 0.3 is 0 Å². The number of rotatable bonds is 6. The molecule has 0 unspecified atom stereocenters. The average Bonchev–Trinajstić information content (AvgIpc) is 2.69. The quantitative estimate of drug-likeness (QED) is 0.852. The van der Waals surface area contributed by atoms with Crippen LogP contribution in [0, 0.1) is 5.92 Å². The largest absolute Gasteiger partial charge is 0.497 e. The molecule has 1 amide bonds. The molecule has 0 saturated heterocycles. The van der Waals surface area contributed by atoms with Crippen LogP contribution in [-0.2, 0) is 11.2 Å². The van der Waals surface area contributed by atoms with E-state index in [1.54, 1.807) is 7.11 Å². The minimum absolute atomic E-state index is 0.172. The van der Waals surface area contributed by atoms with Crippen molar-refractivity contribution in [1.29, 1.82) is 0 Å². The van der Waals surface area contributed by atoms with E-state index in [1.807, 2.05) is 18.2 Å². The summed E-state index contributed by atoms with van der Waals surface area (Å²) in [6.45, 7) is 0.685. The Morgan fingerprint density at radius 2 is 1.80 bits per heavy atom. The second kappa shape index (κ2) is 8.70. The third-order valence-corrected chi connectivity index (χ3v) is 5.22. The van der Waals surface area contributed by atoms with E-state index in [0.29, 0.717) is 12.5 Å². The standard InChI is InChI=1S/C22H27NO2/c1-25-21-9-5-6-17(16-21)14-15-23-22(24)20-12-10-19(11-13-20)18-7-3-2-4-8-18/h2-9,16,19-20H,10-15H2,1H3,(H,23,24). The molecule has 3 rings (SSSR count). The number of carbonyl (C=O) groups is 1. The van der Waals surface area contributed by atoms with Gasteiger partial charge in [-0.3, -0.25) is 4.79 Å². The lowest BCUT2D eigenvalue weighted by atomic mass is 9.78. The summed E-state index contributed by atoms with van der Waals surface area (Å²) in [5.74, 6) is 1.87. The van der Waals surface area contributed by atoms with Crippen molar-refractivity contribution in [2.75, 3.05) is 13.7 Å². The Balaban J connectivity index is 1.42. The first kappa shape index (κ1) is 17.5. The molecule has 25 heavy (non-hydrogen) atoms. The van der Waals surface area contributed by atoms with Gasteiger partial charge in [0.15, 0.2) is 0 Å². The van der Waals surface area contributed by atoms with Crippen LogP contribution in [0.2, 0.25) is 0 Å². The summed E-state index contributed by atoms with van der Waals surface area (Å²) in [5.41, 5.74) is 2.60. The molecule has 1 saturated carbocycles. The summed E-state index contributed by atoms with van der Waals surface area (Å²) in [6.07, 6.45) is 5.04. The molecular formula is C22H27NO2. The Labute approximate surface area is 150 Å². The molecule has 0 aliphatic heterocycles. The fraction of sp³-hybridized carbons (Fsp3) is 0.409. The minimum atomic E-state index is 0.172. The topological polar surface area (TPSA) is 38.3 Å². The molecule has 1 aliphatic rings. The van der Waals surface area contributed by atoms with Crippen LogP contribution in [0.25, 0.3) is 0 Å². The van der Waals surface area contributed by atoms with Crippen LogP contribution in [0.5, 0.6) is 5.75 Å². The van der Waals surface area contributed by atoms with E-state index in [1.165, 1.54) is 11.1 Å². The highest BCUT2D eigenvalue weighted by Crippen LogP contribution is 2.35. The molecule has 1 aliphatic carbocycles. The lowest BCUT2D eigenvalue weighted by Gasteiger charge is -2.28. The van der Waals surface area contributed by atoms with E-state index in [2.05, 4.69) is 41.7 Å². The van der Waals surface area contributed by atoms with Crippen molar-refractivity contribution in [2.24, 2.45) is 5.92 Å². The Morgan fingerprint density at radius 1 is 1.04 bits per heavy atom. The van der Waals surface area contributed by atoms with Crippen molar-refractivity contribution < 1.29 is 9.53 Å². The zero-order valence-corrected chi connectivity index (χ0v) is 14.9. The zero-order chi connectivity index (χ0) is 17.5. The third-order valence-electron chi connectivity index (χ3n) is 5.22. The maximum absolute atomic E-state index is 12.4. The second-order valence-electron chi connectivity index (χ2n) is 6.85. The lowest BCUT2D eigenvalue weighted by molar-refractivity contribution is -0.125. The zero-order valence-electron chi connectivity index (χ0n) is 14.9. The fourth-order valence-corrected chi connectivity index (χ4v) is 3.72. The molecule has 3 heteroatoms. The van der Waals surface area contributed by atoms with Crippen LogP contribution in [0.3, 0.4) is 0 Å². The fourth-order valence-electron chi connectivity index (χ4n) is 3.72. The summed E-state index contributed by atoms with van der Waals surface area (Å²) in [7, 11) is 1.67. The van der Waals surface area contributed by atoms with Gasteiger partial charge in [-0.15, -0.1) is 0 Å². The molecular weight excluding hydrogens is 310 g/mol. The number of hydrogen-bond acceptors (Lipinski definition) is 2. The van der Waals surface area contributed by atoms with Gasteiger partial charge in [0.25, 0.3) is 0 Å². The summed E-state index contributed by atoms with van der Waals surface area (Å²) in [6, 6.07) is 18.7. The lowest BCUT2D eigenvalue weighted by Crippen LogP contribution is -2.34. The van der Waals surface area contributed by atoms with Crippen LogP contribution >= 0.6 is 0 Å². The van der Waals surface area contributed by atoms with Crippen molar-refractivity contribution in [2.45, 2.75) is 38.0 Å². The van der Waals surface area contributed by atoms with Gasteiger partial charge in [-0.25, -0.2) is 0 Å². The van der Waals surface area contributed by atoms with E-state index in [-0.39, 0.29) is 11.8 Å². The second-order valence-corrected chi connectivity index (χ2v) is 6.85. The summed E-state index contributed by atoms with van der Waals surface area (Å²) < 4.78 is 5.24. The highest BCUT2D eigenvalue weighted by Gasteiger charge is 2.26. The summed E-state index contributed by atoms with van der Waals surface area (Å²) in [5, 5.41) is 3.11. The number of benzene rings is 2. The number of nitrogens with one attached hydrogen (secondary N) is 1. The molecule has 3 nitrogen and oxygen atoms in total. The van der Waals surface area contributed by atoms with E-state index in [9.17, 15) is 4.79 Å². The van der Waals surface area contributed by atoms with Crippen LogP contribution in [0.4, 0.5) is 0 Å². The van der Waals surface area contributed by atoms with Crippen molar-refractivity contribution in [3.63, 3.8) is 0 Å². The van der Waals surface area contributed by atoms with Crippen LogP contribution < -0.4 is 10.1 Å². The monoisotopic (exact) mass is 337 g/mol. The SMILES string of the molecule is COc1cccc(CCNC(=O)C2CCC(c3ccccc3)CC2)c1. The van der Waals surface area contributed by atoms with Gasteiger partial charge < -0.3 is 10.1 Å². The van der Waals surface area contributed by atoms with Crippen molar-refractivity contribution in [3.8, 4) is 5.75 Å². The molecule has 1 N–H and O–H groups in total. The van der Waals surface area contributed by atoms with Gasteiger partial charge in [0.2, 0.25) is 5.91 Å². The number of hydrogen-bond donors (Lipinski definition) is 1. The number of ether oxygens (including phenoxy) is 1. The third kappa shape index (κ3) is 4.85. The van der Waals surface area contributed by atoms with Gasteiger partial charge in [0, 0.05) is 12.5 Å². The highest BCUT2D eigenvalue weighted by molar-refractivity contribution is 5.78. The van der Waals surface area contributed by atoms with Crippen molar-refractivity contribution in [3.05, 3.63) is 65.7 Å². The normalized spacial score (nSPS) is 20.0. The average molecular weight is 337 g/mol. The van der Waals surface area contributed by atoms with Gasteiger partial charge in [-0.2, -0.15) is 0 Å². The first-order chi connectivity index (χ1) is 12.3. The van der Waals surface area contributed by atoms with Gasteiger partial charge in [-0.05, 0) is 61.3 Å². The first-order valence-corrected chi connectivity index (χ1v) is 9.22. The van der Waals surface area contributed by atoms with Gasteiger partial charge in [0.1, 0.15) is 5.75 Å². The molecule has 0 atom stereocenters. The van der Waals surface area contributed by atoms with Crippen molar-refractivity contribution in [1.82, 2.24) is 5.32 Å². The molecule has 1 fully saturated rings. The van der Waals surface area contributed by atoms with Gasteiger partial charge in [-0.1, -0.05) is 42.5 Å². The Kier molecular flexibility index (Phi) is 6.10. The van der Waals surface area contributed by atoms with Crippen LogP contribution in [0.15, 0.2) is 54.6 Å². The molecule has 0 spiro atoms. The predicted octanol–water partition coefficient (Wildman–Crippen LogP) is 4.33. The molecule has 0 aromatic heterocycles. The highest BCUT2D eigenvalue weighted by atomic mass is 16.5. The molecule has 0 bridgehead atoms. The predicted molar refractivity (Wildman–Crippen MR) is 101 cm³/mol. The molecule has 0 radical (unpaired) electrons. The summed E-state index contributed by atoms with van der Waals surface area (Å²) >= 11 is 0. The maximum Gasteiger partial charge on any atom is 0.223 e. The Hall–Kier alpha value is -2.29. The Morgan fingerprint density at radius 3 is 2.52 bits per heavy atom. The van der Waals surface area contributed by atoms with Crippen LogP contribution in [-0.4, -0.2) is 19.6 Å². The first-order valence-electron chi connectivity index (χ1n) is 9.22. The van der Waals surface area contributed by atoms with Gasteiger partial charge in [0.05, 0.1) is 7.11 Å². The van der Waals surface area contributed by atoms with E-state index in [4.69, 9.17) is 4.74 Å². The van der Waals surface area contributed by atoms with E-state index in [0.717, 1.165) is 37.9 Å². The number of methoxy groups -OCH3 is 1. The van der Waals surface area contributed by atoms with Crippen LogP contribution in [0.1, 0.15) is 42.7 Å². The van der Waals surface area contributed by atoms with E-state index >= 15 is 0 Å². The minimum Gasteiger partial charge on any atom is -0.497 e. The smallest absolute Gasteiger partial charge is 0.223 e. The molecule has 2 aromatic carbocycles. The Bertz CT molecular complexity index is 675. The summed E-state index contributed by atoms with van der Waals surface area (Å²) in [4.78, 5) is 12.4. The number of carbonyl (C=O) groups excluding carboxylic acids is 1. The molecule has 0 heterocycles. The van der Waals surface area contributed by atoms with E-state index < -0.39 is 0 Å².